The molecule has 3 nitrogen and oxygen atoms in total. The second-order valence-corrected chi connectivity index (χ2v) is 4.75. The highest BCUT2D eigenvalue weighted by atomic mass is 16.3. The first-order valence-corrected chi connectivity index (χ1v) is 5.52. The van der Waals surface area contributed by atoms with Gasteiger partial charge in [0, 0.05) is 6.42 Å². The van der Waals surface area contributed by atoms with E-state index < -0.39 is 17.8 Å². The highest BCUT2D eigenvalue weighted by molar-refractivity contribution is 5.15. The summed E-state index contributed by atoms with van der Waals surface area (Å²) in [6.45, 7) is 3.07. The molecule has 1 rings (SSSR count). The molecule has 0 aliphatic rings. The van der Waals surface area contributed by atoms with Crippen molar-refractivity contribution < 1.29 is 15.3 Å². The Bertz CT molecular complexity index is 303. The van der Waals surface area contributed by atoms with Gasteiger partial charge < -0.3 is 15.3 Å². The average molecular weight is 224 g/mol. The Morgan fingerprint density at radius 3 is 2.19 bits per heavy atom. The molecular weight excluding hydrogens is 204 g/mol. The fraction of sp³-hybridized carbons (Fsp3) is 0.538. The normalized spacial score (nSPS) is 15.8. The van der Waals surface area contributed by atoms with Crippen LogP contribution < -0.4 is 0 Å². The van der Waals surface area contributed by atoms with Crippen LogP contribution >= 0.6 is 0 Å². The summed E-state index contributed by atoms with van der Waals surface area (Å²) in [5.41, 5.74) is -0.143. The van der Waals surface area contributed by atoms with Crippen molar-refractivity contribution in [2.24, 2.45) is 0 Å². The summed E-state index contributed by atoms with van der Waals surface area (Å²) in [5.74, 6) is 0. The van der Waals surface area contributed by atoms with Crippen LogP contribution in [0, 0.1) is 0 Å². The third kappa shape index (κ3) is 4.31. The molecule has 1 aromatic carbocycles. The van der Waals surface area contributed by atoms with Crippen molar-refractivity contribution in [3.05, 3.63) is 35.9 Å². The van der Waals surface area contributed by atoms with Gasteiger partial charge in [0.05, 0.1) is 17.8 Å². The van der Waals surface area contributed by atoms with E-state index >= 15 is 0 Å². The van der Waals surface area contributed by atoms with E-state index in [1.807, 2.05) is 30.3 Å². The van der Waals surface area contributed by atoms with Gasteiger partial charge in [-0.2, -0.15) is 0 Å². The predicted octanol–water partition coefficient (Wildman–Crippen LogP) is 1.11. The van der Waals surface area contributed by atoms with Crippen LogP contribution in [0.5, 0.6) is 0 Å². The summed E-state index contributed by atoms with van der Waals surface area (Å²) in [4.78, 5) is 0. The van der Waals surface area contributed by atoms with Gasteiger partial charge in [-0.1, -0.05) is 30.3 Å². The molecule has 0 aliphatic carbocycles. The molecule has 0 radical (unpaired) electrons. The number of rotatable bonds is 5. The van der Waals surface area contributed by atoms with Crippen molar-refractivity contribution in [2.75, 3.05) is 0 Å². The number of aliphatic hydroxyl groups is 3. The second kappa shape index (κ2) is 5.43. The molecule has 0 fully saturated rings. The minimum Gasteiger partial charge on any atom is -0.393 e. The lowest BCUT2D eigenvalue weighted by molar-refractivity contribution is -0.0675. The summed E-state index contributed by atoms with van der Waals surface area (Å²) in [7, 11) is 0. The highest BCUT2D eigenvalue weighted by Crippen LogP contribution is 2.15. The van der Waals surface area contributed by atoms with Crippen LogP contribution in [0.15, 0.2) is 30.3 Å². The van der Waals surface area contributed by atoms with Crippen molar-refractivity contribution >= 4 is 0 Å². The van der Waals surface area contributed by atoms with Crippen LogP contribution in [0.1, 0.15) is 25.8 Å². The zero-order valence-corrected chi connectivity index (χ0v) is 9.80. The summed E-state index contributed by atoms with van der Waals surface area (Å²) < 4.78 is 0. The van der Waals surface area contributed by atoms with E-state index in [9.17, 15) is 15.3 Å². The molecule has 0 unspecified atom stereocenters. The Hall–Kier alpha value is -0.900. The Morgan fingerprint density at radius 2 is 1.69 bits per heavy atom. The van der Waals surface area contributed by atoms with E-state index in [0.717, 1.165) is 5.56 Å². The van der Waals surface area contributed by atoms with Crippen molar-refractivity contribution in [3.63, 3.8) is 0 Å². The monoisotopic (exact) mass is 224 g/mol. The lowest BCUT2D eigenvalue weighted by Crippen LogP contribution is -2.38. The quantitative estimate of drug-likeness (QED) is 0.702. The van der Waals surface area contributed by atoms with Gasteiger partial charge in [0.2, 0.25) is 0 Å². The summed E-state index contributed by atoms with van der Waals surface area (Å²) in [6.07, 6.45) is -0.873. The first-order valence-electron chi connectivity index (χ1n) is 5.52. The molecule has 0 saturated carbocycles. The lowest BCUT2D eigenvalue weighted by Gasteiger charge is -2.26. The van der Waals surface area contributed by atoms with Crippen LogP contribution in [0.2, 0.25) is 0 Å². The van der Waals surface area contributed by atoms with E-state index in [2.05, 4.69) is 0 Å². The molecule has 0 amide bonds. The SMILES string of the molecule is CC(C)(O)[C@H](O)C[C@H](O)Cc1ccccc1. The Labute approximate surface area is 96.4 Å². The van der Waals surface area contributed by atoms with Gasteiger partial charge in [0.25, 0.3) is 0 Å². The third-order valence-electron chi connectivity index (χ3n) is 2.62. The van der Waals surface area contributed by atoms with Gasteiger partial charge in [-0.15, -0.1) is 0 Å². The molecule has 0 aromatic heterocycles. The van der Waals surface area contributed by atoms with Gasteiger partial charge in [0.1, 0.15) is 0 Å². The fourth-order valence-corrected chi connectivity index (χ4v) is 1.52. The maximum absolute atomic E-state index is 9.77. The van der Waals surface area contributed by atoms with Crippen molar-refractivity contribution in [2.45, 2.75) is 44.5 Å². The number of aliphatic hydroxyl groups excluding tert-OH is 2. The first kappa shape index (κ1) is 13.2. The van der Waals surface area contributed by atoms with Crippen molar-refractivity contribution in [1.82, 2.24) is 0 Å². The molecule has 3 N–H and O–H groups in total. The van der Waals surface area contributed by atoms with Gasteiger partial charge >= 0.3 is 0 Å². The maximum atomic E-state index is 9.77. The van der Waals surface area contributed by atoms with Crippen LogP contribution in [-0.2, 0) is 6.42 Å². The van der Waals surface area contributed by atoms with Crippen LogP contribution in [0.3, 0.4) is 0 Å². The topological polar surface area (TPSA) is 60.7 Å². The van der Waals surface area contributed by atoms with Crippen molar-refractivity contribution in [3.8, 4) is 0 Å². The number of benzene rings is 1. The lowest BCUT2D eigenvalue weighted by atomic mass is 9.94. The minimum atomic E-state index is -1.17. The smallest absolute Gasteiger partial charge is 0.0850 e. The van der Waals surface area contributed by atoms with Gasteiger partial charge in [0.15, 0.2) is 0 Å². The van der Waals surface area contributed by atoms with Gasteiger partial charge in [-0.05, 0) is 25.8 Å². The van der Waals surface area contributed by atoms with Crippen molar-refractivity contribution in [1.29, 1.82) is 0 Å². The maximum Gasteiger partial charge on any atom is 0.0850 e. The Balaban J connectivity index is 2.45. The number of hydrogen-bond donors (Lipinski definition) is 3. The molecule has 0 bridgehead atoms. The third-order valence-corrected chi connectivity index (χ3v) is 2.62. The molecule has 0 spiro atoms. The zero-order chi connectivity index (χ0) is 12.2. The molecule has 90 valence electrons. The van der Waals surface area contributed by atoms with Gasteiger partial charge in [-0.3, -0.25) is 0 Å². The van der Waals surface area contributed by atoms with Crippen LogP contribution in [0.25, 0.3) is 0 Å². The fourth-order valence-electron chi connectivity index (χ4n) is 1.52. The molecule has 2 atom stereocenters. The van der Waals surface area contributed by atoms with E-state index in [1.54, 1.807) is 0 Å². The van der Waals surface area contributed by atoms with Crippen LogP contribution in [0.4, 0.5) is 0 Å². The molecule has 0 aliphatic heterocycles. The zero-order valence-electron chi connectivity index (χ0n) is 9.80. The molecule has 0 heterocycles. The highest BCUT2D eigenvalue weighted by Gasteiger charge is 2.26. The first-order chi connectivity index (χ1) is 7.39. The van der Waals surface area contributed by atoms with Crippen LogP contribution in [-0.4, -0.2) is 33.1 Å². The largest absolute Gasteiger partial charge is 0.393 e. The molecule has 0 saturated heterocycles. The summed E-state index contributed by atoms with van der Waals surface area (Å²) in [5, 5.41) is 28.9. The van der Waals surface area contributed by atoms with E-state index in [1.165, 1.54) is 13.8 Å². The van der Waals surface area contributed by atoms with E-state index in [0.29, 0.717) is 6.42 Å². The molecule has 16 heavy (non-hydrogen) atoms. The standard InChI is InChI=1S/C13H20O3/c1-13(2,16)12(15)9-11(14)8-10-6-4-3-5-7-10/h3-7,11-12,14-16H,8-9H2,1-2H3/t11-,12-/m1/s1. The molecule has 1 aromatic rings. The van der Waals surface area contributed by atoms with Gasteiger partial charge in [-0.25, -0.2) is 0 Å². The summed E-state index contributed by atoms with van der Waals surface area (Å²) >= 11 is 0. The summed E-state index contributed by atoms with van der Waals surface area (Å²) in [6, 6.07) is 9.60. The van der Waals surface area contributed by atoms with E-state index in [4.69, 9.17) is 0 Å². The number of hydrogen-bond acceptors (Lipinski definition) is 3. The molecular formula is C13H20O3. The Kier molecular flexibility index (Phi) is 4.47. The second-order valence-electron chi connectivity index (χ2n) is 4.75. The average Bonchev–Trinajstić information content (AvgIpc) is 2.17. The van der Waals surface area contributed by atoms with E-state index in [-0.39, 0.29) is 6.42 Å². The minimum absolute atomic E-state index is 0.179. The Morgan fingerprint density at radius 1 is 1.12 bits per heavy atom. The molecule has 3 heteroatoms. The predicted molar refractivity (Wildman–Crippen MR) is 63.1 cm³/mol.